The Bertz CT molecular complexity index is 228. The van der Waals surface area contributed by atoms with Gasteiger partial charge in [0.05, 0.1) is 0 Å². The Morgan fingerprint density at radius 3 is 1.85 bits per heavy atom. The van der Waals surface area contributed by atoms with Crippen LogP contribution in [0, 0.1) is 30.6 Å². The van der Waals surface area contributed by atoms with Gasteiger partial charge >= 0.3 is 0 Å². The molecule has 117 valence electrons. The molecule has 0 aliphatic heterocycles. The van der Waals surface area contributed by atoms with E-state index in [0.717, 1.165) is 23.7 Å². The average Bonchev–Trinajstić information content (AvgIpc) is 2.49. The van der Waals surface area contributed by atoms with Crippen LogP contribution in [-0.4, -0.2) is 0 Å². The summed E-state index contributed by atoms with van der Waals surface area (Å²) in [6.45, 7) is 6.55. The first kappa shape index (κ1) is 16.4. The van der Waals surface area contributed by atoms with Crippen molar-refractivity contribution in [3.05, 3.63) is 6.92 Å². The molecule has 1 radical (unpaired) electrons. The van der Waals surface area contributed by atoms with E-state index in [1.165, 1.54) is 64.2 Å². The molecule has 0 nitrogen and oxygen atoms in total. The van der Waals surface area contributed by atoms with Crippen molar-refractivity contribution in [3.63, 3.8) is 0 Å². The van der Waals surface area contributed by atoms with Crippen LogP contribution in [0.1, 0.15) is 96.8 Å². The SMILES string of the molecule is [CH2]C1CCC([C@H]2CC[C@H](CCCCCCC)CC2)CC1. The maximum Gasteiger partial charge on any atom is -0.0386 e. The third kappa shape index (κ3) is 5.41. The molecule has 0 heteroatoms. The standard InChI is InChI=1S/C20H37/c1-3-4-5-6-7-8-18-11-15-20(16-12-18)19-13-9-17(2)10-14-19/h17-20H,2-16H2,1H3/t17?,18-,19?,20-. The van der Waals surface area contributed by atoms with Gasteiger partial charge in [0.2, 0.25) is 0 Å². The van der Waals surface area contributed by atoms with Crippen LogP contribution in [0.3, 0.4) is 0 Å². The van der Waals surface area contributed by atoms with Gasteiger partial charge in [0.1, 0.15) is 0 Å². The third-order valence-electron chi connectivity index (χ3n) is 6.17. The lowest BCUT2D eigenvalue weighted by Crippen LogP contribution is -2.25. The van der Waals surface area contributed by atoms with Crippen LogP contribution in [0.25, 0.3) is 0 Å². The van der Waals surface area contributed by atoms with Gasteiger partial charge in [0.25, 0.3) is 0 Å². The van der Waals surface area contributed by atoms with E-state index >= 15 is 0 Å². The maximum atomic E-state index is 4.24. The molecule has 0 saturated heterocycles. The Labute approximate surface area is 128 Å². The van der Waals surface area contributed by atoms with E-state index < -0.39 is 0 Å². The quantitative estimate of drug-likeness (QED) is 0.449. The Kier molecular flexibility index (Phi) is 7.45. The summed E-state index contributed by atoms with van der Waals surface area (Å²) in [5.41, 5.74) is 0. The number of hydrogen-bond acceptors (Lipinski definition) is 0. The van der Waals surface area contributed by atoms with Crippen molar-refractivity contribution in [1.82, 2.24) is 0 Å². The molecule has 2 aliphatic rings. The van der Waals surface area contributed by atoms with Crippen LogP contribution in [0.2, 0.25) is 0 Å². The van der Waals surface area contributed by atoms with Gasteiger partial charge in [-0.1, -0.05) is 78.1 Å². The summed E-state index contributed by atoms with van der Waals surface area (Å²) in [5, 5.41) is 0. The largest absolute Gasteiger partial charge is 0.0654 e. The first-order valence-corrected chi connectivity index (χ1v) is 9.62. The zero-order valence-corrected chi connectivity index (χ0v) is 13.9. The lowest BCUT2D eigenvalue weighted by atomic mass is 9.69. The van der Waals surface area contributed by atoms with Crippen molar-refractivity contribution >= 4 is 0 Å². The first-order valence-electron chi connectivity index (χ1n) is 9.62. The van der Waals surface area contributed by atoms with Crippen molar-refractivity contribution in [2.75, 3.05) is 0 Å². The van der Waals surface area contributed by atoms with Gasteiger partial charge in [-0.05, 0) is 49.4 Å². The van der Waals surface area contributed by atoms with E-state index in [1.807, 2.05) is 0 Å². The van der Waals surface area contributed by atoms with Crippen molar-refractivity contribution in [3.8, 4) is 0 Å². The lowest BCUT2D eigenvalue weighted by Gasteiger charge is -2.37. The van der Waals surface area contributed by atoms with Crippen LogP contribution in [-0.2, 0) is 0 Å². The molecule has 0 unspecified atom stereocenters. The fourth-order valence-corrected chi connectivity index (χ4v) is 4.64. The zero-order valence-electron chi connectivity index (χ0n) is 13.9. The molecule has 0 atom stereocenters. The van der Waals surface area contributed by atoms with Gasteiger partial charge in [-0.2, -0.15) is 0 Å². The molecular weight excluding hydrogens is 240 g/mol. The van der Waals surface area contributed by atoms with Crippen LogP contribution in [0.15, 0.2) is 0 Å². The Balaban J connectivity index is 1.55. The Hall–Kier alpha value is 0. The summed E-state index contributed by atoms with van der Waals surface area (Å²) in [5.74, 6) is 4.00. The molecular formula is C20H37. The summed E-state index contributed by atoms with van der Waals surface area (Å²) in [7, 11) is 0. The first-order chi connectivity index (χ1) is 9.79. The molecule has 2 fully saturated rings. The van der Waals surface area contributed by atoms with Gasteiger partial charge in [-0.3, -0.25) is 0 Å². The van der Waals surface area contributed by atoms with Crippen molar-refractivity contribution in [2.24, 2.45) is 23.7 Å². The minimum atomic E-state index is 0.769. The van der Waals surface area contributed by atoms with E-state index in [4.69, 9.17) is 0 Å². The topological polar surface area (TPSA) is 0 Å². The maximum absolute atomic E-state index is 4.24. The molecule has 0 bridgehead atoms. The second-order valence-electron chi connectivity index (χ2n) is 7.76. The Morgan fingerprint density at radius 1 is 0.700 bits per heavy atom. The van der Waals surface area contributed by atoms with Crippen LogP contribution >= 0.6 is 0 Å². The van der Waals surface area contributed by atoms with Gasteiger partial charge in [-0.25, -0.2) is 0 Å². The highest BCUT2D eigenvalue weighted by molar-refractivity contribution is 4.82. The number of hydrogen-bond donors (Lipinski definition) is 0. The van der Waals surface area contributed by atoms with E-state index in [1.54, 1.807) is 25.7 Å². The number of rotatable bonds is 7. The van der Waals surface area contributed by atoms with Crippen LogP contribution < -0.4 is 0 Å². The molecule has 0 amide bonds. The van der Waals surface area contributed by atoms with E-state index in [0.29, 0.717) is 0 Å². The minimum Gasteiger partial charge on any atom is -0.0654 e. The fourth-order valence-electron chi connectivity index (χ4n) is 4.64. The number of unbranched alkanes of at least 4 members (excludes halogenated alkanes) is 4. The molecule has 0 aromatic heterocycles. The average molecular weight is 278 g/mol. The summed E-state index contributed by atoms with van der Waals surface area (Å²) in [6.07, 6.45) is 20.8. The predicted molar refractivity (Wildman–Crippen MR) is 89.6 cm³/mol. The summed E-state index contributed by atoms with van der Waals surface area (Å²) >= 11 is 0. The van der Waals surface area contributed by atoms with Crippen LogP contribution in [0.5, 0.6) is 0 Å². The second kappa shape index (κ2) is 9.11. The molecule has 2 saturated carbocycles. The van der Waals surface area contributed by atoms with Gasteiger partial charge in [-0.15, -0.1) is 0 Å². The highest BCUT2D eigenvalue weighted by Crippen LogP contribution is 2.42. The normalized spacial score (nSPS) is 35.1. The molecule has 0 spiro atoms. The lowest BCUT2D eigenvalue weighted by molar-refractivity contribution is 0.151. The van der Waals surface area contributed by atoms with Gasteiger partial charge in [0.15, 0.2) is 0 Å². The van der Waals surface area contributed by atoms with Gasteiger partial charge in [0, 0.05) is 0 Å². The zero-order chi connectivity index (χ0) is 14.2. The second-order valence-corrected chi connectivity index (χ2v) is 7.76. The van der Waals surface area contributed by atoms with Crippen molar-refractivity contribution < 1.29 is 0 Å². The van der Waals surface area contributed by atoms with Crippen molar-refractivity contribution in [1.29, 1.82) is 0 Å². The monoisotopic (exact) mass is 277 g/mol. The molecule has 0 heterocycles. The molecule has 0 aromatic rings. The molecule has 0 aromatic carbocycles. The minimum absolute atomic E-state index is 0.769. The van der Waals surface area contributed by atoms with E-state index in [9.17, 15) is 0 Å². The van der Waals surface area contributed by atoms with E-state index in [2.05, 4.69) is 13.8 Å². The molecule has 2 rings (SSSR count). The molecule has 2 aliphatic carbocycles. The molecule has 20 heavy (non-hydrogen) atoms. The summed E-state index contributed by atoms with van der Waals surface area (Å²) in [4.78, 5) is 0. The highest BCUT2D eigenvalue weighted by atomic mass is 14.3. The summed E-state index contributed by atoms with van der Waals surface area (Å²) < 4.78 is 0. The summed E-state index contributed by atoms with van der Waals surface area (Å²) in [6, 6.07) is 0. The van der Waals surface area contributed by atoms with Crippen LogP contribution in [0.4, 0.5) is 0 Å². The van der Waals surface area contributed by atoms with Crippen molar-refractivity contribution in [2.45, 2.75) is 96.8 Å². The highest BCUT2D eigenvalue weighted by Gasteiger charge is 2.29. The Morgan fingerprint density at radius 2 is 1.25 bits per heavy atom. The predicted octanol–water partition coefficient (Wildman–Crippen LogP) is 6.79. The third-order valence-corrected chi connectivity index (χ3v) is 6.17. The fraction of sp³-hybridized carbons (Fsp3) is 0.950. The smallest absolute Gasteiger partial charge is 0.0386 e. The van der Waals surface area contributed by atoms with Gasteiger partial charge < -0.3 is 0 Å². The van der Waals surface area contributed by atoms with E-state index in [-0.39, 0.29) is 0 Å². The molecule has 0 N–H and O–H groups in total.